The van der Waals surface area contributed by atoms with E-state index in [1.165, 1.54) is 0 Å². The van der Waals surface area contributed by atoms with Crippen LogP contribution in [0.25, 0.3) is 0 Å². The highest BCUT2D eigenvalue weighted by atomic mass is 35.5. The highest BCUT2D eigenvalue weighted by Gasteiger charge is 2.42. The highest BCUT2D eigenvalue weighted by Crippen LogP contribution is 2.27. The Bertz CT molecular complexity index is 400. The average molecular weight is 291 g/mol. The van der Waals surface area contributed by atoms with Crippen LogP contribution in [0.15, 0.2) is 24.3 Å². The van der Waals surface area contributed by atoms with Crippen molar-refractivity contribution in [3.63, 3.8) is 0 Å². The minimum atomic E-state index is -1.00. The van der Waals surface area contributed by atoms with Gasteiger partial charge in [0.2, 0.25) is 6.29 Å². The molecule has 5 atom stereocenters. The van der Waals surface area contributed by atoms with E-state index in [0.717, 1.165) is 0 Å². The molecule has 1 aliphatic rings. The van der Waals surface area contributed by atoms with Crippen molar-refractivity contribution in [3.8, 4) is 5.75 Å². The fraction of sp³-hybridized carbons (Fsp3) is 0.500. The molecule has 18 heavy (non-hydrogen) atoms. The molecule has 4 nitrogen and oxygen atoms in total. The SMILES string of the molecule is C[C@H]1OC(Oc2ccc(Cl)cc2)[C@H](O)[C@@H](S)[C@H]1O. The molecular weight excluding hydrogens is 276 g/mol. The molecule has 0 aliphatic carbocycles. The summed E-state index contributed by atoms with van der Waals surface area (Å²) in [5.74, 6) is 0.535. The van der Waals surface area contributed by atoms with Crippen LogP contribution in [0.2, 0.25) is 5.02 Å². The van der Waals surface area contributed by atoms with Gasteiger partial charge in [0, 0.05) is 5.02 Å². The van der Waals surface area contributed by atoms with Gasteiger partial charge >= 0.3 is 0 Å². The van der Waals surface area contributed by atoms with E-state index in [2.05, 4.69) is 12.6 Å². The molecule has 1 aliphatic heterocycles. The van der Waals surface area contributed by atoms with Gasteiger partial charge in [-0.2, -0.15) is 12.6 Å². The summed E-state index contributed by atoms with van der Waals surface area (Å²) in [5, 5.41) is 19.6. The second kappa shape index (κ2) is 5.67. The summed E-state index contributed by atoms with van der Waals surface area (Å²) in [5.41, 5.74) is 0. The van der Waals surface area contributed by atoms with Crippen LogP contribution in [-0.2, 0) is 4.74 Å². The zero-order chi connectivity index (χ0) is 13.3. The van der Waals surface area contributed by atoms with Crippen molar-refractivity contribution < 1.29 is 19.7 Å². The Hall–Kier alpha value is -0.460. The van der Waals surface area contributed by atoms with Crippen molar-refractivity contribution in [1.82, 2.24) is 0 Å². The minimum absolute atomic E-state index is 0.451. The van der Waals surface area contributed by atoms with Gasteiger partial charge < -0.3 is 19.7 Å². The maximum Gasteiger partial charge on any atom is 0.227 e. The molecule has 2 rings (SSSR count). The van der Waals surface area contributed by atoms with Crippen molar-refractivity contribution >= 4 is 24.2 Å². The van der Waals surface area contributed by atoms with Crippen molar-refractivity contribution in [2.75, 3.05) is 0 Å². The van der Waals surface area contributed by atoms with Crippen LogP contribution >= 0.6 is 24.2 Å². The summed E-state index contributed by atoms with van der Waals surface area (Å²) in [6, 6.07) is 6.73. The molecule has 2 N–H and O–H groups in total. The normalized spacial score (nSPS) is 36.4. The Morgan fingerprint density at radius 3 is 2.44 bits per heavy atom. The molecule has 0 spiro atoms. The van der Waals surface area contributed by atoms with Crippen LogP contribution < -0.4 is 4.74 Å². The number of aliphatic hydroxyl groups is 2. The van der Waals surface area contributed by atoms with E-state index in [-0.39, 0.29) is 0 Å². The van der Waals surface area contributed by atoms with Gasteiger partial charge in [-0.3, -0.25) is 0 Å². The van der Waals surface area contributed by atoms with Gasteiger partial charge in [0.15, 0.2) is 0 Å². The van der Waals surface area contributed by atoms with Crippen molar-refractivity contribution in [1.29, 1.82) is 0 Å². The summed E-state index contributed by atoms with van der Waals surface area (Å²) in [4.78, 5) is 0. The fourth-order valence-corrected chi connectivity index (χ4v) is 2.27. The second-order valence-electron chi connectivity index (χ2n) is 4.25. The van der Waals surface area contributed by atoms with Crippen LogP contribution in [0.3, 0.4) is 0 Å². The third-order valence-electron chi connectivity index (χ3n) is 2.87. The number of hydrogen-bond acceptors (Lipinski definition) is 5. The summed E-state index contributed by atoms with van der Waals surface area (Å²) >= 11 is 9.94. The summed E-state index contributed by atoms with van der Waals surface area (Å²) < 4.78 is 10.9. The third-order valence-corrected chi connectivity index (χ3v) is 3.74. The van der Waals surface area contributed by atoms with Gasteiger partial charge in [-0.15, -0.1) is 0 Å². The Kier molecular flexibility index (Phi) is 4.40. The van der Waals surface area contributed by atoms with E-state index in [9.17, 15) is 10.2 Å². The maximum atomic E-state index is 9.93. The first-order valence-electron chi connectivity index (χ1n) is 5.61. The molecule has 100 valence electrons. The second-order valence-corrected chi connectivity index (χ2v) is 5.29. The minimum Gasteiger partial charge on any atom is -0.462 e. The number of halogens is 1. The van der Waals surface area contributed by atoms with Gasteiger partial charge in [-0.25, -0.2) is 0 Å². The number of thiol groups is 1. The standard InChI is InChI=1S/C12H15ClO4S/c1-6-9(14)11(18)10(15)12(16-6)17-8-4-2-7(13)3-5-8/h2-6,9-12,14-15,18H,1H3/t6-,9+,10-,11+,12?/m1/s1. The smallest absolute Gasteiger partial charge is 0.227 e. The lowest BCUT2D eigenvalue weighted by Crippen LogP contribution is -2.56. The Balaban J connectivity index is 2.06. The Morgan fingerprint density at radius 2 is 1.83 bits per heavy atom. The first kappa shape index (κ1) is 14.0. The van der Waals surface area contributed by atoms with Crippen LogP contribution in [0, 0.1) is 0 Å². The summed E-state index contributed by atoms with van der Waals surface area (Å²) in [6.07, 6.45) is -3.14. The number of benzene rings is 1. The monoisotopic (exact) mass is 290 g/mol. The van der Waals surface area contributed by atoms with Crippen molar-refractivity contribution in [2.45, 2.75) is 36.8 Å². The molecular formula is C12H15ClO4S. The molecule has 1 heterocycles. The van der Waals surface area contributed by atoms with E-state index in [1.54, 1.807) is 31.2 Å². The topological polar surface area (TPSA) is 58.9 Å². The van der Waals surface area contributed by atoms with Gasteiger partial charge in [-0.05, 0) is 31.2 Å². The average Bonchev–Trinajstić information content (AvgIpc) is 2.36. The van der Waals surface area contributed by atoms with E-state index in [1.807, 2.05) is 0 Å². The van der Waals surface area contributed by atoms with Gasteiger partial charge in [-0.1, -0.05) is 11.6 Å². The molecule has 0 aromatic heterocycles. The molecule has 0 saturated carbocycles. The summed E-state index contributed by atoms with van der Waals surface area (Å²) in [6.45, 7) is 1.71. The number of ether oxygens (including phenoxy) is 2. The van der Waals surface area contributed by atoms with Gasteiger partial charge in [0.25, 0.3) is 0 Å². The molecule has 1 fully saturated rings. The fourth-order valence-electron chi connectivity index (χ4n) is 1.76. The molecule has 1 aromatic rings. The largest absolute Gasteiger partial charge is 0.462 e. The zero-order valence-corrected chi connectivity index (χ0v) is 11.4. The Morgan fingerprint density at radius 1 is 1.22 bits per heavy atom. The molecule has 1 aromatic carbocycles. The lowest BCUT2D eigenvalue weighted by atomic mass is 10.0. The number of hydrogen-bond donors (Lipinski definition) is 3. The summed E-state index contributed by atoms with van der Waals surface area (Å²) in [7, 11) is 0. The highest BCUT2D eigenvalue weighted by molar-refractivity contribution is 7.81. The molecule has 0 amide bonds. The number of aliphatic hydroxyl groups excluding tert-OH is 2. The quantitative estimate of drug-likeness (QED) is 0.722. The zero-order valence-electron chi connectivity index (χ0n) is 9.73. The Labute approximate surface area is 116 Å². The maximum absolute atomic E-state index is 9.93. The van der Waals surface area contributed by atoms with E-state index in [0.29, 0.717) is 10.8 Å². The van der Waals surface area contributed by atoms with Crippen LogP contribution in [0.5, 0.6) is 5.75 Å². The lowest BCUT2D eigenvalue weighted by Gasteiger charge is -2.39. The van der Waals surface area contributed by atoms with E-state index >= 15 is 0 Å². The first-order valence-corrected chi connectivity index (χ1v) is 6.50. The van der Waals surface area contributed by atoms with E-state index < -0.39 is 29.9 Å². The molecule has 1 saturated heterocycles. The van der Waals surface area contributed by atoms with Crippen LogP contribution in [-0.4, -0.2) is 40.1 Å². The molecule has 0 radical (unpaired) electrons. The predicted molar refractivity (Wildman–Crippen MR) is 71.2 cm³/mol. The van der Waals surface area contributed by atoms with Crippen molar-refractivity contribution in [2.24, 2.45) is 0 Å². The van der Waals surface area contributed by atoms with Crippen LogP contribution in [0.4, 0.5) is 0 Å². The predicted octanol–water partition coefficient (Wildman–Crippen LogP) is 1.48. The number of rotatable bonds is 2. The van der Waals surface area contributed by atoms with Gasteiger partial charge in [0.05, 0.1) is 17.5 Å². The van der Waals surface area contributed by atoms with Crippen LogP contribution in [0.1, 0.15) is 6.92 Å². The molecule has 0 bridgehead atoms. The lowest BCUT2D eigenvalue weighted by molar-refractivity contribution is -0.225. The van der Waals surface area contributed by atoms with Gasteiger partial charge in [0.1, 0.15) is 11.9 Å². The third kappa shape index (κ3) is 2.92. The first-order chi connectivity index (χ1) is 8.49. The van der Waals surface area contributed by atoms with Crippen molar-refractivity contribution in [3.05, 3.63) is 29.3 Å². The molecule has 6 heteroatoms. The molecule has 1 unspecified atom stereocenters. The van der Waals surface area contributed by atoms with E-state index in [4.69, 9.17) is 21.1 Å².